The first-order chi connectivity index (χ1) is 11.0. The monoisotopic (exact) mass is 332 g/mol. The van der Waals surface area contributed by atoms with Gasteiger partial charge in [0.1, 0.15) is 0 Å². The summed E-state index contributed by atoms with van der Waals surface area (Å²) in [7, 11) is 0. The fraction of sp³-hybridized carbons (Fsp3) is 0.471. The lowest BCUT2D eigenvalue weighted by atomic mass is 10.1. The molecule has 0 saturated carbocycles. The summed E-state index contributed by atoms with van der Waals surface area (Å²) < 4.78 is 2.04. The van der Waals surface area contributed by atoms with Crippen LogP contribution in [-0.4, -0.2) is 32.5 Å². The average Bonchev–Trinajstić information content (AvgIpc) is 2.96. The quantitative estimate of drug-likeness (QED) is 0.791. The molecule has 1 heterocycles. The third-order valence-corrected chi connectivity index (χ3v) is 4.75. The van der Waals surface area contributed by atoms with E-state index in [1.807, 2.05) is 41.8 Å². The molecule has 6 heteroatoms. The predicted octanol–water partition coefficient (Wildman–Crippen LogP) is 3.22. The molecule has 5 nitrogen and oxygen atoms in total. The van der Waals surface area contributed by atoms with Crippen molar-refractivity contribution in [1.29, 1.82) is 0 Å². The van der Waals surface area contributed by atoms with Gasteiger partial charge >= 0.3 is 0 Å². The van der Waals surface area contributed by atoms with E-state index >= 15 is 0 Å². The summed E-state index contributed by atoms with van der Waals surface area (Å²) in [4.78, 5) is 12.0. The second kappa shape index (κ2) is 8.15. The molecule has 0 spiro atoms. The van der Waals surface area contributed by atoms with Crippen molar-refractivity contribution in [2.24, 2.45) is 5.92 Å². The molecule has 0 aliphatic heterocycles. The number of benzene rings is 1. The van der Waals surface area contributed by atoms with Crippen molar-refractivity contribution in [3.8, 4) is 11.4 Å². The summed E-state index contributed by atoms with van der Waals surface area (Å²) in [6.07, 6.45) is 0. The molecule has 124 valence electrons. The van der Waals surface area contributed by atoms with Gasteiger partial charge in [-0.05, 0) is 19.8 Å². The summed E-state index contributed by atoms with van der Waals surface area (Å²) in [6, 6.07) is 10.1. The molecular weight excluding hydrogens is 308 g/mol. The molecule has 0 fully saturated rings. The molecule has 0 radical (unpaired) electrons. The van der Waals surface area contributed by atoms with Crippen molar-refractivity contribution in [3.05, 3.63) is 30.3 Å². The summed E-state index contributed by atoms with van der Waals surface area (Å²) in [6.45, 7) is 9.04. The largest absolute Gasteiger partial charge is 0.353 e. The minimum absolute atomic E-state index is 0.0307. The van der Waals surface area contributed by atoms with Crippen LogP contribution in [-0.2, 0) is 11.3 Å². The van der Waals surface area contributed by atoms with Gasteiger partial charge in [-0.1, -0.05) is 55.9 Å². The topological polar surface area (TPSA) is 59.8 Å². The maximum absolute atomic E-state index is 12.0. The van der Waals surface area contributed by atoms with E-state index in [1.54, 1.807) is 0 Å². The Balaban J connectivity index is 2.04. The van der Waals surface area contributed by atoms with Crippen molar-refractivity contribution in [2.75, 3.05) is 5.75 Å². The van der Waals surface area contributed by atoms with Crippen molar-refractivity contribution >= 4 is 17.7 Å². The van der Waals surface area contributed by atoms with E-state index in [4.69, 9.17) is 0 Å². The molecule has 0 saturated heterocycles. The summed E-state index contributed by atoms with van der Waals surface area (Å²) >= 11 is 1.43. The van der Waals surface area contributed by atoms with Gasteiger partial charge in [-0.3, -0.25) is 4.79 Å². The molecule has 1 N–H and O–H groups in total. The van der Waals surface area contributed by atoms with E-state index in [1.165, 1.54) is 11.8 Å². The molecule has 1 unspecified atom stereocenters. The zero-order valence-electron chi connectivity index (χ0n) is 14.1. The lowest BCUT2D eigenvalue weighted by Crippen LogP contribution is -2.37. The highest BCUT2D eigenvalue weighted by Crippen LogP contribution is 2.23. The summed E-state index contributed by atoms with van der Waals surface area (Å²) in [5, 5.41) is 12.3. The minimum atomic E-state index is 0.0307. The summed E-state index contributed by atoms with van der Waals surface area (Å²) in [5.41, 5.74) is 1.03. The third-order valence-electron chi connectivity index (χ3n) is 3.79. The Kier molecular flexibility index (Phi) is 6.21. The van der Waals surface area contributed by atoms with Crippen LogP contribution in [0.4, 0.5) is 0 Å². The van der Waals surface area contributed by atoms with Crippen LogP contribution < -0.4 is 5.32 Å². The van der Waals surface area contributed by atoms with Crippen LogP contribution in [0.1, 0.15) is 27.7 Å². The number of nitrogens with one attached hydrogen (secondary N) is 1. The maximum atomic E-state index is 12.0. The van der Waals surface area contributed by atoms with Crippen molar-refractivity contribution in [2.45, 2.75) is 45.4 Å². The molecule has 2 rings (SSSR count). The van der Waals surface area contributed by atoms with Gasteiger partial charge in [0.05, 0.1) is 5.75 Å². The van der Waals surface area contributed by atoms with E-state index < -0.39 is 0 Å². The fourth-order valence-electron chi connectivity index (χ4n) is 2.07. The summed E-state index contributed by atoms with van der Waals surface area (Å²) in [5.74, 6) is 1.65. The van der Waals surface area contributed by atoms with E-state index in [0.717, 1.165) is 23.1 Å². The van der Waals surface area contributed by atoms with E-state index in [-0.39, 0.29) is 11.9 Å². The normalized spacial score (nSPS) is 12.4. The van der Waals surface area contributed by atoms with Crippen molar-refractivity contribution in [3.63, 3.8) is 0 Å². The van der Waals surface area contributed by atoms with Gasteiger partial charge in [0.15, 0.2) is 11.0 Å². The standard InChI is InChI=1S/C17H24N4OS/c1-5-21-16(14-9-7-6-8-10-14)19-20-17(21)23-11-15(22)18-13(4)12(2)3/h6-10,12-13H,5,11H2,1-4H3,(H,18,22). The Bertz CT molecular complexity index is 639. The van der Waals surface area contributed by atoms with E-state index in [0.29, 0.717) is 11.7 Å². The zero-order valence-corrected chi connectivity index (χ0v) is 14.9. The second-order valence-electron chi connectivity index (χ2n) is 5.81. The smallest absolute Gasteiger partial charge is 0.230 e. The Labute approximate surface area is 141 Å². The van der Waals surface area contributed by atoms with Gasteiger partial charge in [-0.15, -0.1) is 10.2 Å². The van der Waals surface area contributed by atoms with E-state index in [9.17, 15) is 4.79 Å². The first-order valence-corrected chi connectivity index (χ1v) is 8.92. The molecule has 0 bridgehead atoms. The number of amides is 1. The van der Waals surface area contributed by atoms with Crippen molar-refractivity contribution < 1.29 is 4.79 Å². The molecular formula is C17H24N4OS. The van der Waals surface area contributed by atoms with Gasteiger partial charge in [-0.25, -0.2) is 0 Å². The highest BCUT2D eigenvalue weighted by Gasteiger charge is 2.15. The van der Waals surface area contributed by atoms with Crippen molar-refractivity contribution in [1.82, 2.24) is 20.1 Å². The Morgan fingerprint density at radius 1 is 1.22 bits per heavy atom. The molecule has 1 atom stereocenters. The van der Waals surface area contributed by atoms with Gasteiger partial charge in [0, 0.05) is 18.2 Å². The van der Waals surface area contributed by atoms with Crippen LogP contribution in [0.2, 0.25) is 0 Å². The Morgan fingerprint density at radius 2 is 1.91 bits per heavy atom. The Morgan fingerprint density at radius 3 is 2.52 bits per heavy atom. The van der Waals surface area contributed by atoms with Crippen LogP contribution in [0.25, 0.3) is 11.4 Å². The molecule has 2 aromatic rings. The van der Waals surface area contributed by atoms with Gasteiger partial charge in [0.2, 0.25) is 5.91 Å². The lowest BCUT2D eigenvalue weighted by Gasteiger charge is -2.17. The molecule has 23 heavy (non-hydrogen) atoms. The van der Waals surface area contributed by atoms with Gasteiger partial charge in [-0.2, -0.15) is 0 Å². The number of nitrogens with zero attached hydrogens (tertiary/aromatic N) is 3. The number of carbonyl (C=O) groups is 1. The van der Waals surface area contributed by atoms with E-state index in [2.05, 4.69) is 36.3 Å². The average molecular weight is 332 g/mol. The second-order valence-corrected chi connectivity index (χ2v) is 6.75. The molecule has 0 aliphatic rings. The highest BCUT2D eigenvalue weighted by atomic mass is 32.2. The molecule has 1 aromatic carbocycles. The SMILES string of the molecule is CCn1c(SCC(=O)NC(C)C(C)C)nnc1-c1ccccc1. The number of hydrogen-bond donors (Lipinski definition) is 1. The van der Waals surface area contributed by atoms with Crippen LogP contribution in [0, 0.1) is 5.92 Å². The number of aromatic nitrogens is 3. The molecule has 1 amide bonds. The highest BCUT2D eigenvalue weighted by molar-refractivity contribution is 7.99. The first kappa shape index (κ1) is 17.5. The maximum Gasteiger partial charge on any atom is 0.230 e. The third kappa shape index (κ3) is 4.58. The Hall–Kier alpha value is -1.82. The van der Waals surface area contributed by atoms with Crippen LogP contribution in [0.3, 0.4) is 0 Å². The van der Waals surface area contributed by atoms with Crippen LogP contribution in [0.15, 0.2) is 35.5 Å². The number of carbonyl (C=O) groups excluding carboxylic acids is 1. The fourth-order valence-corrected chi connectivity index (χ4v) is 2.89. The predicted molar refractivity (Wildman–Crippen MR) is 94.3 cm³/mol. The molecule has 1 aromatic heterocycles. The van der Waals surface area contributed by atoms with Crippen LogP contribution in [0.5, 0.6) is 0 Å². The first-order valence-electron chi connectivity index (χ1n) is 7.93. The number of rotatable bonds is 7. The van der Waals surface area contributed by atoms with Gasteiger partial charge < -0.3 is 9.88 Å². The number of thioether (sulfide) groups is 1. The minimum Gasteiger partial charge on any atom is -0.353 e. The number of hydrogen-bond acceptors (Lipinski definition) is 4. The molecule has 0 aliphatic carbocycles. The van der Waals surface area contributed by atoms with Gasteiger partial charge in [0.25, 0.3) is 0 Å². The van der Waals surface area contributed by atoms with Crippen LogP contribution >= 0.6 is 11.8 Å². The lowest BCUT2D eigenvalue weighted by molar-refractivity contribution is -0.119. The zero-order chi connectivity index (χ0) is 16.8.